The van der Waals surface area contributed by atoms with Crippen LogP contribution in [0.5, 0.6) is 5.75 Å². The van der Waals surface area contributed by atoms with E-state index in [1.54, 1.807) is 20.8 Å². The standard InChI is InChI=1S/C15H21NO5S/c1-9-7-12(8-10(2)14(9)21-4)22(19,20)16-11(3)5-6-13(16)15(17)18/h7-8,11,13H,5-6H2,1-4H3,(H,17,18)/t11-,13-/m0/s1. The summed E-state index contributed by atoms with van der Waals surface area (Å²) in [5.74, 6) is -0.460. The third-order valence-electron chi connectivity index (χ3n) is 4.10. The lowest BCUT2D eigenvalue weighted by Crippen LogP contribution is -2.43. The van der Waals surface area contributed by atoms with Crippen LogP contribution in [-0.2, 0) is 14.8 Å². The molecule has 0 amide bonds. The topological polar surface area (TPSA) is 83.9 Å². The smallest absolute Gasteiger partial charge is 0.322 e. The molecule has 0 radical (unpaired) electrons. The number of carbonyl (C=O) groups is 1. The Labute approximate surface area is 130 Å². The van der Waals surface area contributed by atoms with Crippen molar-refractivity contribution in [3.63, 3.8) is 0 Å². The average molecular weight is 327 g/mol. The Morgan fingerprint density at radius 1 is 1.27 bits per heavy atom. The van der Waals surface area contributed by atoms with Crippen LogP contribution >= 0.6 is 0 Å². The first-order valence-corrected chi connectivity index (χ1v) is 8.55. The van der Waals surface area contributed by atoms with Crippen molar-refractivity contribution in [2.75, 3.05) is 7.11 Å². The molecule has 0 bridgehead atoms. The lowest BCUT2D eigenvalue weighted by atomic mass is 10.1. The molecule has 22 heavy (non-hydrogen) atoms. The predicted molar refractivity (Wildman–Crippen MR) is 81.6 cm³/mol. The number of hydrogen-bond acceptors (Lipinski definition) is 4. The maximum Gasteiger partial charge on any atom is 0.322 e. The molecule has 1 fully saturated rings. The lowest BCUT2D eigenvalue weighted by molar-refractivity contribution is -0.140. The van der Waals surface area contributed by atoms with E-state index in [9.17, 15) is 18.3 Å². The van der Waals surface area contributed by atoms with Gasteiger partial charge in [0.2, 0.25) is 10.0 Å². The molecular formula is C15H21NO5S. The normalized spacial score (nSPS) is 22.7. The highest BCUT2D eigenvalue weighted by atomic mass is 32.2. The van der Waals surface area contributed by atoms with Gasteiger partial charge in [0.25, 0.3) is 0 Å². The van der Waals surface area contributed by atoms with Crippen molar-refractivity contribution in [1.29, 1.82) is 0 Å². The summed E-state index contributed by atoms with van der Waals surface area (Å²) in [6.07, 6.45) is 0.883. The number of aryl methyl sites for hydroxylation is 2. The van der Waals surface area contributed by atoms with Crippen LogP contribution in [0.4, 0.5) is 0 Å². The van der Waals surface area contributed by atoms with Crippen molar-refractivity contribution in [2.24, 2.45) is 0 Å². The zero-order valence-electron chi connectivity index (χ0n) is 13.2. The molecule has 7 heteroatoms. The minimum absolute atomic E-state index is 0.114. The van der Waals surface area contributed by atoms with E-state index in [1.165, 1.54) is 19.2 Å². The van der Waals surface area contributed by atoms with Crippen LogP contribution in [0.3, 0.4) is 0 Å². The molecule has 6 nitrogen and oxygen atoms in total. The number of ether oxygens (including phenoxy) is 1. The summed E-state index contributed by atoms with van der Waals surface area (Å²) in [7, 11) is -2.32. The van der Waals surface area contributed by atoms with Gasteiger partial charge in [0.05, 0.1) is 12.0 Å². The first kappa shape index (κ1) is 16.8. The Morgan fingerprint density at radius 3 is 2.27 bits per heavy atom. The largest absolute Gasteiger partial charge is 0.496 e. The molecule has 0 aliphatic carbocycles. The fraction of sp³-hybridized carbons (Fsp3) is 0.533. The van der Waals surface area contributed by atoms with E-state index in [-0.39, 0.29) is 10.9 Å². The zero-order valence-corrected chi connectivity index (χ0v) is 14.0. The fourth-order valence-electron chi connectivity index (χ4n) is 3.10. The predicted octanol–water partition coefficient (Wildman–Crippen LogP) is 1.94. The van der Waals surface area contributed by atoms with Gasteiger partial charge >= 0.3 is 5.97 Å². The van der Waals surface area contributed by atoms with Gasteiger partial charge < -0.3 is 9.84 Å². The minimum Gasteiger partial charge on any atom is -0.496 e. The summed E-state index contributed by atoms with van der Waals surface area (Å²) in [4.78, 5) is 11.5. The van der Waals surface area contributed by atoms with Crippen molar-refractivity contribution in [2.45, 2.75) is 50.6 Å². The van der Waals surface area contributed by atoms with E-state index in [4.69, 9.17) is 4.74 Å². The van der Waals surface area contributed by atoms with Gasteiger partial charge in [-0.15, -0.1) is 0 Å². The van der Waals surface area contributed by atoms with Gasteiger partial charge in [-0.2, -0.15) is 4.31 Å². The van der Waals surface area contributed by atoms with Gasteiger partial charge in [-0.3, -0.25) is 4.79 Å². The molecule has 0 unspecified atom stereocenters. The Morgan fingerprint density at radius 2 is 1.82 bits per heavy atom. The van der Waals surface area contributed by atoms with E-state index in [2.05, 4.69) is 0 Å². The molecule has 1 heterocycles. The Hall–Kier alpha value is -1.60. The van der Waals surface area contributed by atoms with Crippen LogP contribution in [0, 0.1) is 13.8 Å². The Balaban J connectivity index is 2.53. The number of carboxylic acid groups (broad SMARTS) is 1. The van der Waals surface area contributed by atoms with Crippen LogP contribution < -0.4 is 4.74 Å². The molecule has 1 aromatic rings. The Bertz CT molecular complexity index is 675. The number of hydrogen-bond donors (Lipinski definition) is 1. The number of sulfonamides is 1. The summed E-state index contributed by atoms with van der Waals surface area (Å²) in [6, 6.07) is 1.74. The van der Waals surface area contributed by atoms with Crippen LogP contribution in [0.2, 0.25) is 0 Å². The third kappa shape index (κ3) is 2.70. The van der Waals surface area contributed by atoms with E-state index in [0.717, 1.165) is 4.31 Å². The van der Waals surface area contributed by atoms with Gasteiger partial charge in [0.15, 0.2) is 0 Å². The second-order valence-corrected chi connectivity index (χ2v) is 7.55. The average Bonchev–Trinajstić information content (AvgIpc) is 2.81. The van der Waals surface area contributed by atoms with Gasteiger partial charge in [-0.1, -0.05) is 0 Å². The monoisotopic (exact) mass is 327 g/mol. The quantitative estimate of drug-likeness (QED) is 0.913. The number of carboxylic acids is 1. The van der Waals surface area contributed by atoms with Crippen molar-refractivity contribution in [3.05, 3.63) is 23.3 Å². The summed E-state index contributed by atoms with van der Waals surface area (Å²) < 4.78 is 32.1. The van der Waals surface area contributed by atoms with E-state index < -0.39 is 22.0 Å². The fourth-order valence-corrected chi connectivity index (χ4v) is 5.11. The molecule has 1 aliphatic heterocycles. The summed E-state index contributed by atoms with van der Waals surface area (Å²) in [5.41, 5.74) is 1.42. The molecule has 0 spiro atoms. The summed E-state index contributed by atoms with van der Waals surface area (Å²) >= 11 is 0. The molecule has 2 rings (SSSR count). The maximum atomic E-state index is 12.9. The molecule has 1 aliphatic rings. The first-order valence-electron chi connectivity index (χ1n) is 7.11. The molecule has 1 saturated heterocycles. The van der Waals surface area contributed by atoms with Gasteiger partial charge in [0.1, 0.15) is 11.8 Å². The zero-order chi connectivity index (χ0) is 16.7. The first-order chi connectivity index (χ1) is 10.2. The highest BCUT2D eigenvalue weighted by Gasteiger charge is 2.44. The van der Waals surface area contributed by atoms with E-state index in [0.29, 0.717) is 29.7 Å². The number of nitrogens with zero attached hydrogens (tertiary/aromatic N) is 1. The third-order valence-corrected chi connectivity index (χ3v) is 6.10. The van der Waals surface area contributed by atoms with Crippen molar-refractivity contribution in [3.8, 4) is 5.75 Å². The second-order valence-electron chi connectivity index (χ2n) is 5.71. The SMILES string of the molecule is COc1c(C)cc(S(=O)(=O)N2[C@@H](C)CC[C@H]2C(=O)O)cc1C. The molecule has 1 aromatic carbocycles. The minimum atomic E-state index is -3.86. The van der Waals surface area contributed by atoms with Crippen molar-refractivity contribution >= 4 is 16.0 Å². The number of methoxy groups -OCH3 is 1. The summed E-state index contributed by atoms with van der Waals surface area (Å²) in [5, 5.41) is 9.28. The van der Waals surface area contributed by atoms with Crippen molar-refractivity contribution < 1.29 is 23.1 Å². The van der Waals surface area contributed by atoms with Gasteiger partial charge in [-0.05, 0) is 56.9 Å². The molecule has 0 saturated carbocycles. The second kappa shape index (κ2) is 5.89. The number of aliphatic carboxylic acids is 1. The van der Waals surface area contributed by atoms with Crippen molar-refractivity contribution in [1.82, 2.24) is 4.31 Å². The van der Waals surface area contributed by atoms with Crippen LogP contribution in [0.15, 0.2) is 17.0 Å². The number of benzene rings is 1. The highest BCUT2D eigenvalue weighted by Crippen LogP contribution is 2.34. The van der Waals surface area contributed by atoms with Gasteiger partial charge in [0, 0.05) is 6.04 Å². The molecular weight excluding hydrogens is 306 g/mol. The van der Waals surface area contributed by atoms with Crippen LogP contribution in [-0.4, -0.2) is 43.0 Å². The molecule has 1 N–H and O–H groups in total. The summed E-state index contributed by atoms with van der Waals surface area (Å²) in [6.45, 7) is 5.28. The molecule has 2 atom stereocenters. The van der Waals surface area contributed by atoms with E-state index >= 15 is 0 Å². The maximum absolute atomic E-state index is 12.9. The number of rotatable bonds is 4. The van der Waals surface area contributed by atoms with Crippen LogP contribution in [0.1, 0.15) is 30.9 Å². The van der Waals surface area contributed by atoms with E-state index in [1.807, 2.05) is 0 Å². The molecule has 0 aromatic heterocycles. The molecule has 122 valence electrons. The Kier molecular flexibility index (Phi) is 4.49. The van der Waals surface area contributed by atoms with Crippen LogP contribution in [0.25, 0.3) is 0 Å². The highest BCUT2D eigenvalue weighted by molar-refractivity contribution is 7.89. The lowest BCUT2D eigenvalue weighted by Gasteiger charge is -2.25. The van der Waals surface area contributed by atoms with Gasteiger partial charge in [-0.25, -0.2) is 8.42 Å².